The lowest BCUT2D eigenvalue weighted by Crippen LogP contribution is -2.25. The van der Waals surface area contributed by atoms with Gasteiger partial charge in [-0.1, -0.05) is 35.5 Å². The fourth-order valence-electron chi connectivity index (χ4n) is 3.78. The highest BCUT2D eigenvalue weighted by Gasteiger charge is 2.16. The van der Waals surface area contributed by atoms with E-state index in [1.165, 1.54) is 29.2 Å². The molecule has 1 amide bonds. The molecule has 5 rings (SSSR count). The van der Waals surface area contributed by atoms with E-state index in [9.17, 15) is 14.0 Å². The van der Waals surface area contributed by atoms with Gasteiger partial charge in [-0.3, -0.25) is 14.2 Å². The van der Waals surface area contributed by atoms with Crippen LogP contribution in [0.2, 0.25) is 5.02 Å². The van der Waals surface area contributed by atoms with E-state index in [1.807, 2.05) is 23.6 Å². The molecule has 0 saturated heterocycles. The number of amides is 1. The number of thioether (sulfide) groups is 1. The maximum Gasteiger partial charge on any atom is 0.272 e. The Morgan fingerprint density at radius 2 is 2.08 bits per heavy atom. The van der Waals surface area contributed by atoms with E-state index >= 15 is 0 Å². The number of fused-ring (bicyclic) bond motifs is 2. The third kappa shape index (κ3) is 5.35. The van der Waals surface area contributed by atoms with Gasteiger partial charge in [-0.25, -0.2) is 9.37 Å². The molecule has 1 aliphatic rings. The molecule has 0 atom stereocenters. The van der Waals surface area contributed by atoms with Crippen LogP contribution in [0, 0.1) is 5.82 Å². The standard InChI is InChI=1S/C25H21ClFN3O4S2/c26-17-3-1-4-18(27)16(17)13-36-25-29-19-8-10-35-23(19)24(32)30(25)9-2-5-22(31)28-12-15-6-7-20-21(11-15)34-14-33-20/h1,3-4,6-8,10-11H,2,5,9,12-14H2,(H,28,31). The summed E-state index contributed by atoms with van der Waals surface area (Å²) in [7, 11) is 0. The van der Waals surface area contributed by atoms with Gasteiger partial charge in [-0.2, -0.15) is 0 Å². The normalized spacial score (nSPS) is 12.3. The van der Waals surface area contributed by atoms with Crippen LogP contribution < -0.4 is 20.3 Å². The number of aromatic nitrogens is 2. The van der Waals surface area contributed by atoms with Crippen molar-refractivity contribution in [3.8, 4) is 11.5 Å². The van der Waals surface area contributed by atoms with Crippen molar-refractivity contribution in [3.63, 3.8) is 0 Å². The zero-order valence-corrected chi connectivity index (χ0v) is 21.4. The van der Waals surface area contributed by atoms with E-state index in [1.54, 1.807) is 22.8 Å². The van der Waals surface area contributed by atoms with Crippen LogP contribution in [-0.4, -0.2) is 22.3 Å². The quantitative estimate of drug-likeness (QED) is 0.225. The summed E-state index contributed by atoms with van der Waals surface area (Å²) in [6.07, 6.45) is 0.683. The van der Waals surface area contributed by atoms with Gasteiger partial charge < -0.3 is 14.8 Å². The first-order valence-corrected chi connectivity index (χ1v) is 13.4. The number of halogens is 2. The Hall–Kier alpha value is -3.08. The maximum absolute atomic E-state index is 14.2. The number of carbonyl (C=O) groups excluding carboxylic acids is 1. The number of nitrogens with zero attached hydrogens (tertiary/aromatic N) is 2. The molecule has 0 saturated carbocycles. The van der Waals surface area contributed by atoms with Crippen LogP contribution in [0.4, 0.5) is 4.39 Å². The van der Waals surface area contributed by atoms with Crippen LogP contribution in [-0.2, 0) is 23.6 Å². The first-order chi connectivity index (χ1) is 17.5. The lowest BCUT2D eigenvalue weighted by atomic mass is 10.2. The first-order valence-electron chi connectivity index (χ1n) is 11.2. The van der Waals surface area contributed by atoms with Crippen LogP contribution in [0.25, 0.3) is 10.2 Å². The highest BCUT2D eigenvalue weighted by Crippen LogP contribution is 2.32. The van der Waals surface area contributed by atoms with Crippen LogP contribution in [0.5, 0.6) is 11.5 Å². The Kier molecular flexibility index (Phi) is 7.45. The van der Waals surface area contributed by atoms with Gasteiger partial charge in [0.15, 0.2) is 16.7 Å². The van der Waals surface area contributed by atoms with Crippen molar-refractivity contribution >= 4 is 50.8 Å². The van der Waals surface area contributed by atoms with Gasteiger partial charge in [0, 0.05) is 35.8 Å². The number of ether oxygens (including phenoxy) is 2. The minimum atomic E-state index is -0.403. The van der Waals surface area contributed by atoms with Crippen LogP contribution in [0.3, 0.4) is 0 Å². The van der Waals surface area contributed by atoms with Gasteiger partial charge in [0.05, 0.1) is 5.52 Å². The molecule has 4 aromatic rings. The summed E-state index contributed by atoms with van der Waals surface area (Å²) in [5, 5.41) is 5.50. The minimum absolute atomic E-state index is 0.127. The molecule has 0 bridgehead atoms. The molecule has 0 spiro atoms. The number of rotatable bonds is 9. The summed E-state index contributed by atoms with van der Waals surface area (Å²) in [5.74, 6) is 1.05. The van der Waals surface area contributed by atoms with Gasteiger partial charge in [0.2, 0.25) is 12.7 Å². The van der Waals surface area contributed by atoms with Crippen molar-refractivity contribution in [2.45, 2.75) is 36.8 Å². The highest BCUT2D eigenvalue weighted by atomic mass is 35.5. The molecule has 0 fully saturated rings. The Bertz CT molecular complexity index is 1470. The topological polar surface area (TPSA) is 82.5 Å². The third-order valence-corrected chi connectivity index (χ3v) is 7.90. The molecule has 0 unspecified atom stereocenters. The summed E-state index contributed by atoms with van der Waals surface area (Å²) < 4.78 is 27.0. The van der Waals surface area contributed by atoms with Crippen molar-refractivity contribution < 1.29 is 18.7 Å². The predicted molar refractivity (Wildman–Crippen MR) is 138 cm³/mol. The molecule has 11 heteroatoms. The summed E-state index contributed by atoms with van der Waals surface area (Å²) in [5.41, 5.74) is 1.70. The average molecular weight is 546 g/mol. The summed E-state index contributed by atoms with van der Waals surface area (Å²) in [6, 6.07) is 11.9. The van der Waals surface area contributed by atoms with Crippen molar-refractivity contribution in [2.24, 2.45) is 0 Å². The largest absolute Gasteiger partial charge is 0.454 e. The second-order valence-electron chi connectivity index (χ2n) is 8.04. The van der Waals surface area contributed by atoms with Gasteiger partial charge in [0.1, 0.15) is 10.5 Å². The number of thiophene rings is 1. The second-order valence-corrected chi connectivity index (χ2v) is 10.3. The van der Waals surface area contributed by atoms with Crippen LogP contribution in [0.1, 0.15) is 24.0 Å². The van der Waals surface area contributed by atoms with Gasteiger partial charge in [0.25, 0.3) is 5.56 Å². The molecule has 1 N–H and O–H groups in total. The molecule has 0 aliphatic carbocycles. The Morgan fingerprint density at radius 1 is 1.22 bits per heavy atom. The van der Waals surface area contributed by atoms with Crippen LogP contribution in [0.15, 0.2) is 57.8 Å². The van der Waals surface area contributed by atoms with Crippen molar-refractivity contribution in [1.29, 1.82) is 0 Å². The van der Waals surface area contributed by atoms with E-state index in [-0.39, 0.29) is 30.4 Å². The van der Waals surface area contributed by atoms with E-state index in [0.29, 0.717) is 57.0 Å². The zero-order chi connectivity index (χ0) is 25.1. The molecule has 36 heavy (non-hydrogen) atoms. The average Bonchev–Trinajstić information content (AvgIpc) is 3.53. The van der Waals surface area contributed by atoms with E-state index < -0.39 is 5.82 Å². The third-order valence-electron chi connectivity index (χ3n) is 5.65. The monoisotopic (exact) mass is 545 g/mol. The number of nitrogens with one attached hydrogen (secondary N) is 1. The molecule has 3 heterocycles. The summed E-state index contributed by atoms with van der Waals surface area (Å²) in [4.78, 5) is 30.2. The highest BCUT2D eigenvalue weighted by molar-refractivity contribution is 7.98. The maximum atomic E-state index is 14.2. The molecule has 186 valence electrons. The van der Waals surface area contributed by atoms with Crippen molar-refractivity contribution in [2.75, 3.05) is 6.79 Å². The van der Waals surface area contributed by atoms with E-state index in [0.717, 1.165) is 5.56 Å². The van der Waals surface area contributed by atoms with Crippen LogP contribution >= 0.6 is 34.7 Å². The van der Waals surface area contributed by atoms with Crippen molar-refractivity contribution in [1.82, 2.24) is 14.9 Å². The Labute approximate surface area is 219 Å². The molecular weight excluding hydrogens is 525 g/mol. The van der Waals surface area contributed by atoms with Crippen molar-refractivity contribution in [3.05, 3.63) is 80.2 Å². The second kappa shape index (κ2) is 10.9. The molecule has 2 aromatic heterocycles. The number of carbonyl (C=O) groups is 1. The fraction of sp³-hybridized carbons (Fsp3) is 0.240. The molecule has 2 aromatic carbocycles. The molecule has 7 nitrogen and oxygen atoms in total. The predicted octanol–water partition coefficient (Wildman–Crippen LogP) is 5.37. The lowest BCUT2D eigenvalue weighted by molar-refractivity contribution is -0.121. The Balaban J connectivity index is 1.23. The molecule has 1 aliphatic heterocycles. The van der Waals surface area contributed by atoms with E-state index in [4.69, 9.17) is 21.1 Å². The first kappa shape index (κ1) is 24.6. The summed E-state index contributed by atoms with van der Waals surface area (Å²) in [6.45, 7) is 0.872. The Morgan fingerprint density at radius 3 is 2.94 bits per heavy atom. The molecular formula is C25H21ClFN3O4S2. The lowest BCUT2D eigenvalue weighted by Gasteiger charge is -2.13. The van der Waals surface area contributed by atoms with Gasteiger partial charge >= 0.3 is 0 Å². The smallest absolute Gasteiger partial charge is 0.272 e. The summed E-state index contributed by atoms with van der Waals surface area (Å²) >= 11 is 8.74. The number of benzene rings is 2. The number of hydrogen-bond donors (Lipinski definition) is 1. The van der Waals surface area contributed by atoms with E-state index in [2.05, 4.69) is 10.3 Å². The fourth-order valence-corrected chi connectivity index (χ4v) is 5.92. The minimum Gasteiger partial charge on any atom is -0.454 e. The van der Waals surface area contributed by atoms with Gasteiger partial charge in [-0.05, 0) is 47.7 Å². The van der Waals surface area contributed by atoms with Gasteiger partial charge in [-0.15, -0.1) is 11.3 Å². The SMILES string of the molecule is O=C(CCCn1c(SCc2c(F)cccc2Cl)nc2ccsc2c1=O)NCc1ccc2c(c1)OCO2. The molecule has 0 radical (unpaired) electrons. The number of hydrogen-bond acceptors (Lipinski definition) is 7. The zero-order valence-electron chi connectivity index (χ0n) is 19.0.